The summed E-state index contributed by atoms with van der Waals surface area (Å²) in [6, 6.07) is 1.35. The fourth-order valence-corrected chi connectivity index (χ4v) is 2.66. The van der Waals surface area contributed by atoms with Gasteiger partial charge in [0, 0.05) is 43.4 Å². The zero-order valence-corrected chi connectivity index (χ0v) is 14.2. The van der Waals surface area contributed by atoms with Gasteiger partial charge in [-0.05, 0) is 33.6 Å². The summed E-state index contributed by atoms with van der Waals surface area (Å²) in [5.74, 6) is -2.67. The Labute approximate surface area is 140 Å². The number of ether oxygens (including phenoxy) is 1. The van der Waals surface area contributed by atoms with E-state index in [0.717, 1.165) is 0 Å². The first kappa shape index (κ1) is 18.6. The number of nitrogens with one attached hydrogen (secondary N) is 1. The molecule has 0 aromatic heterocycles. The maximum atomic E-state index is 13.7. The van der Waals surface area contributed by atoms with Gasteiger partial charge in [0.1, 0.15) is 23.1 Å². The molecule has 1 aliphatic heterocycles. The van der Waals surface area contributed by atoms with Crippen molar-refractivity contribution in [2.24, 2.45) is 0 Å². The van der Waals surface area contributed by atoms with Crippen LogP contribution in [-0.4, -0.2) is 35.7 Å². The Bertz CT molecular complexity index is 571. The molecule has 0 unspecified atom stereocenters. The number of alkyl carbamates (subject to hydrolysis) is 1. The van der Waals surface area contributed by atoms with E-state index in [0.29, 0.717) is 38.1 Å². The van der Waals surface area contributed by atoms with Crippen LogP contribution in [-0.2, 0) is 11.3 Å². The Kier molecular flexibility index (Phi) is 5.74. The molecule has 0 saturated carbocycles. The van der Waals surface area contributed by atoms with Crippen molar-refractivity contribution in [1.29, 1.82) is 0 Å². The van der Waals surface area contributed by atoms with Crippen molar-refractivity contribution in [2.45, 2.75) is 51.8 Å². The average molecular weight is 344 g/mol. The summed E-state index contributed by atoms with van der Waals surface area (Å²) in [6.45, 7) is 6.62. The van der Waals surface area contributed by atoms with Crippen molar-refractivity contribution in [3.63, 3.8) is 0 Å². The molecule has 1 aromatic carbocycles. The minimum absolute atomic E-state index is 0.0287. The van der Waals surface area contributed by atoms with Crippen LogP contribution in [0.25, 0.3) is 0 Å². The van der Waals surface area contributed by atoms with E-state index in [9.17, 15) is 18.0 Å². The lowest BCUT2D eigenvalue weighted by Gasteiger charge is -2.33. The fraction of sp³-hybridized carbons (Fsp3) is 0.588. The highest BCUT2D eigenvalue weighted by atomic mass is 19.1. The summed E-state index contributed by atoms with van der Waals surface area (Å²) in [6.07, 6.45) is 0.851. The third-order valence-corrected chi connectivity index (χ3v) is 3.80. The van der Waals surface area contributed by atoms with E-state index in [1.165, 1.54) is 0 Å². The third-order valence-electron chi connectivity index (χ3n) is 3.80. The minimum atomic E-state index is -0.922. The zero-order valence-electron chi connectivity index (χ0n) is 14.2. The van der Waals surface area contributed by atoms with Crippen LogP contribution < -0.4 is 5.32 Å². The Morgan fingerprint density at radius 2 is 1.75 bits per heavy atom. The van der Waals surface area contributed by atoms with E-state index in [4.69, 9.17) is 4.74 Å². The number of carbonyl (C=O) groups excluding carboxylic acids is 1. The lowest BCUT2D eigenvalue weighted by atomic mass is 10.0. The van der Waals surface area contributed by atoms with Crippen LogP contribution in [0, 0.1) is 17.5 Å². The second-order valence-corrected chi connectivity index (χ2v) is 7.04. The van der Waals surface area contributed by atoms with E-state index in [1.807, 2.05) is 4.90 Å². The average Bonchev–Trinajstić information content (AvgIpc) is 2.42. The van der Waals surface area contributed by atoms with Gasteiger partial charge in [-0.25, -0.2) is 18.0 Å². The first-order valence-electron chi connectivity index (χ1n) is 7.99. The maximum Gasteiger partial charge on any atom is 0.407 e. The molecule has 0 spiro atoms. The van der Waals surface area contributed by atoms with Crippen molar-refractivity contribution >= 4 is 6.09 Å². The number of halogens is 3. The van der Waals surface area contributed by atoms with E-state index in [-0.39, 0.29) is 18.2 Å². The third kappa shape index (κ3) is 5.40. The summed E-state index contributed by atoms with van der Waals surface area (Å²) < 4.78 is 45.5. The van der Waals surface area contributed by atoms with Gasteiger partial charge in [-0.1, -0.05) is 0 Å². The first-order valence-corrected chi connectivity index (χ1v) is 7.99. The molecule has 1 fully saturated rings. The molecular weight excluding hydrogens is 321 g/mol. The predicted molar refractivity (Wildman–Crippen MR) is 84.0 cm³/mol. The molecule has 0 radical (unpaired) electrons. The van der Waals surface area contributed by atoms with Crippen LogP contribution in [0.15, 0.2) is 12.1 Å². The zero-order chi connectivity index (χ0) is 17.9. The molecule has 1 aliphatic rings. The standard InChI is InChI=1S/C17H23F3N2O2/c1-17(2,3)24-16(23)21-12-4-6-22(7-5-12)10-13-14(19)8-11(18)9-15(13)20/h8-9,12H,4-7,10H2,1-3H3,(H,21,23). The Morgan fingerprint density at radius 3 is 2.25 bits per heavy atom. The number of piperidine rings is 1. The highest BCUT2D eigenvalue weighted by Crippen LogP contribution is 2.20. The molecule has 24 heavy (non-hydrogen) atoms. The van der Waals surface area contributed by atoms with E-state index < -0.39 is 29.1 Å². The van der Waals surface area contributed by atoms with Gasteiger partial charge < -0.3 is 10.1 Å². The van der Waals surface area contributed by atoms with Crippen LogP contribution >= 0.6 is 0 Å². The number of benzene rings is 1. The molecule has 134 valence electrons. The van der Waals surface area contributed by atoms with Crippen LogP contribution in [0.5, 0.6) is 0 Å². The first-order chi connectivity index (χ1) is 11.1. The van der Waals surface area contributed by atoms with Crippen molar-refractivity contribution in [2.75, 3.05) is 13.1 Å². The highest BCUT2D eigenvalue weighted by molar-refractivity contribution is 5.68. The molecule has 0 aliphatic carbocycles. The van der Waals surface area contributed by atoms with Crippen LogP contribution in [0.2, 0.25) is 0 Å². The van der Waals surface area contributed by atoms with Crippen LogP contribution in [0.1, 0.15) is 39.2 Å². The van der Waals surface area contributed by atoms with E-state index >= 15 is 0 Å². The number of hydrogen-bond donors (Lipinski definition) is 1. The van der Waals surface area contributed by atoms with Crippen molar-refractivity contribution < 1.29 is 22.7 Å². The summed E-state index contributed by atoms with van der Waals surface area (Å²) in [5.41, 5.74) is -0.683. The second kappa shape index (κ2) is 7.42. The monoisotopic (exact) mass is 344 g/mol. The molecule has 7 heteroatoms. The fourth-order valence-electron chi connectivity index (χ4n) is 2.66. The summed E-state index contributed by atoms with van der Waals surface area (Å²) in [5, 5.41) is 2.80. The second-order valence-electron chi connectivity index (χ2n) is 7.04. The number of rotatable bonds is 3. The van der Waals surface area contributed by atoms with E-state index in [1.54, 1.807) is 20.8 Å². The highest BCUT2D eigenvalue weighted by Gasteiger charge is 2.24. The van der Waals surface area contributed by atoms with Gasteiger partial charge in [-0.15, -0.1) is 0 Å². The SMILES string of the molecule is CC(C)(C)OC(=O)NC1CCN(Cc2c(F)cc(F)cc2F)CC1. The number of carbonyl (C=O) groups is 1. The molecule has 1 amide bonds. The Hall–Kier alpha value is -1.76. The summed E-state index contributed by atoms with van der Waals surface area (Å²) >= 11 is 0. The maximum absolute atomic E-state index is 13.7. The number of nitrogens with zero attached hydrogens (tertiary/aromatic N) is 1. The van der Waals surface area contributed by atoms with Gasteiger partial charge in [0.05, 0.1) is 0 Å². The normalized spacial score (nSPS) is 16.9. The lowest BCUT2D eigenvalue weighted by molar-refractivity contribution is 0.0477. The summed E-state index contributed by atoms with van der Waals surface area (Å²) in [7, 11) is 0. The number of amides is 1. The predicted octanol–water partition coefficient (Wildman–Crippen LogP) is 3.59. The van der Waals surface area contributed by atoms with Crippen LogP contribution in [0.3, 0.4) is 0 Å². The molecule has 0 bridgehead atoms. The van der Waals surface area contributed by atoms with Crippen LogP contribution in [0.4, 0.5) is 18.0 Å². The van der Waals surface area contributed by atoms with Gasteiger partial charge in [-0.2, -0.15) is 0 Å². The number of hydrogen-bond acceptors (Lipinski definition) is 3. The summed E-state index contributed by atoms with van der Waals surface area (Å²) in [4.78, 5) is 13.6. The molecule has 1 saturated heterocycles. The minimum Gasteiger partial charge on any atom is -0.444 e. The molecular formula is C17H23F3N2O2. The molecule has 0 atom stereocenters. The Balaban J connectivity index is 1.84. The van der Waals surface area contributed by atoms with E-state index in [2.05, 4.69) is 5.32 Å². The van der Waals surface area contributed by atoms with Gasteiger partial charge in [-0.3, -0.25) is 4.90 Å². The lowest BCUT2D eigenvalue weighted by Crippen LogP contribution is -2.46. The molecule has 2 rings (SSSR count). The molecule has 1 aromatic rings. The quantitative estimate of drug-likeness (QED) is 0.911. The largest absolute Gasteiger partial charge is 0.444 e. The van der Waals surface area contributed by atoms with Gasteiger partial charge in [0.15, 0.2) is 0 Å². The van der Waals surface area contributed by atoms with Crippen molar-refractivity contribution in [3.05, 3.63) is 35.1 Å². The van der Waals surface area contributed by atoms with Gasteiger partial charge in [0.2, 0.25) is 0 Å². The topological polar surface area (TPSA) is 41.6 Å². The van der Waals surface area contributed by atoms with Gasteiger partial charge >= 0.3 is 6.09 Å². The van der Waals surface area contributed by atoms with Crippen molar-refractivity contribution in [1.82, 2.24) is 10.2 Å². The molecule has 1 heterocycles. The molecule has 1 N–H and O–H groups in total. The Morgan fingerprint density at radius 1 is 1.21 bits per heavy atom. The smallest absolute Gasteiger partial charge is 0.407 e. The number of likely N-dealkylation sites (tertiary alicyclic amines) is 1. The van der Waals surface area contributed by atoms with Gasteiger partial charge in [0.25, 0.3) is 0 Å². The molecule has 4 nitrogen and oxygen atoms in total. The van der Waals surface area contributed by atoms with Crippen molar-refractivity contribution in [3.8, 4) is 0 Å².